The van der Waals surface area contributed by atoms with Crippen LogP contribution in [0, 0.1) is 3.57 Å². The van der Waals surface area contributed by atoms with Crippen molar-refractivity contribution in [3.8, 4) is 0 Å². The van der Waals surface area contributed by atoms with Gasteiger partial charge < -0.3 is 15.5 Å². The van der Waals surface area contributed by atoms with Gasteiger partial charge >= 0.3 is 0 Å². The number of likely N-dealkylation sites (N-methyl/N-ethyl adjacent to an activating group) is 1. The summed E-state index contributed by atoms with van der Waals surface area (Å²) in [5, 5.41) is 5.62. The lowest BCUT2D eigenvalue weighted by atomic mass is 10.2. The highest BCUT2D eigenvalue weighted by atomic mass is 127. The van der Waals surface area contributed by atoms with Gasteiger partial charge in [0.1, 0.15) is 6.04 Å². The SMILES string of the molecule is CNC(=O)C1CCCN1C(=O)CNC(=O)c1cc(Cl)ccc1I. The predicted octanol–water partition coefficient (Wildman–Crippen LogP) is 1.41. The van der Waals surface area contributed by atoms with Gasteiger partial charge in [-0.15, -0.1) is 0 Å². The van der Waals surface area contributed by atoms with Crippen LogP contribution in [-0.4, -0.2) is 48.8 Å². The second-order valence-corrected chi connectivity index (χ2v) is 6.76. The molecule has 8 heteroatoms. The lowest BCUT2D eigenvalue weighted by Crippen LogP contribution is -2.48. The Labute approximate surface area is 153 Å². The molecule has 0 radical (unpaired) electrons. The van der Waals surface area contributed by atoms with Crippen molar-refractivity contribution in [2.45, 2.75) is 18.9 Å². The molecule has 124 valence electrons. The van der Waals surface area contributed by atoms with Crippen molar-refractivity contribution in [1.82, 2.24) is 15.5 Å². The fourth-order valence-corrected chi connectivity index (χ4v) is 3.28. The van der Waals surface area contributed by atoms with Crippen molar-refractivity contribution in [3.63, 3.8) is 0 Å². The number of hydrogen-bond donors (Lipinski definition) is 2. The molecule has 1 aromatic rings. The van der Waals surface area contributed by atoms with Crippen molar-refractivity contribution in [1.29, 1.82) is 0 Å². The molecule has 1 unspecified atom stereocenters. The van der Waals surface area contributed by atoms with Gasteiger partial charge in [0.05, 0.1) is 12.1 Å². The minimum atomic E-state index is -0.448. The van der Waals surface area contributed by atoms with Gasteiger partial charge in [0.2, 0.25) is 11.8 Å². The summed E-state index contributed by atoms with van der Waals surface area (Å²) in [5.41, 5.74) is 0.426. The Morgan fingerprint density at radius 3 is 2.83 bits per heavy atom. The number of carbonyl (C=O) groups is 3. The molecule has 0 spiro atoms. The van der Waals surface area contributed by atoms with E-state index >= 15 is 0 Å². The first-order chi connectivity index (χ1) is 10.9. The van der Waals surface area contributed by atoms with Crippen molar-refractivity contribution < 1.29 is 14.4 Å². The van der Waals surface area contributed by atoms with E-state index in [0.29, 0.717) is 23.6 Å². The van der Waals surface area contributed by atoms with Crippen LogP contribution >= 0.6 is 34.2 Å². The maximum atomic E-state index is 12.3. The largest absolute Gasteiger partial charge is 0.357 e. The number of carbonyl (C=O) groups excluding carboxylic acids is 3. The van der Waals surface area contributed by atoms with Crippen LogP contribution in [0.1, 0.15) is 23.2 Å². The van der Waals surface area contributed by atoms with Gasteiger partial charge in [-0.25, -0.2) is 0 Å². The molecule has 1 saturated heterocycles. The molecular weight excluding hydrogens is 433 g/mol. The number of nitrogens with zero attached hydrogens (tertiary/aromatic N) is 1. The van der Waals surface area contributed by atoms with Crippen LogP contribution in [0.15, 0.2) is 18.2 Å². The van der Waals surface area contributed by atoms with Crippen molar-refractivity contribution in [2.75, 3.05) is 20.1 Å². The highest BCUT2D eigenvalue weighted by Gasteiger charge is 2.33. The molecule has 0 aromatic heterocycles. The molecule has 1 fully saturated rings. The summed E-state index contributed by atoms with van der Waals surface area (Å²) in [4.78, 5) is 37.7. The van der Waals surface area contributed by atoms with Gasteiger partial charge in [0.15, 0.2) is 0 Å². The Balaban J connectivity index is 1.97. The van der Waals surface area contributed by atoms with E-state index < -0.39 is 6.04 Å². The number of hydrogen-bond acceptors (Lipinski definition) is 3. The fraction of sp³-hybridized carbons (Fsp3) is 0.400. The molecule has 1 atom stereocenters. The molecule has 2 N–H and O–H groups in total. The van der Waals surface area contributed by atoms with Gasteiger partial charge in [-0.3, -0.25) is 14.4 Å². The average molecular weight is 450 g/mol. The van der Waals surface area contributed by atoms with Crippen LogP contribution in [-0.2, 0) is 9.59 Å². The van der Waals surface area contributed by atoms with Crippen LogP contribution in [0.3, 0.4) is 0 Å². The van der Waals surface area contributed by atoms with E-state index in [0.717, 1.165) is 9.99 Å². The van der Waals surface area contributed by atoms with E-state index in [-0.39, 0.29) is 24.3 Å². The summed E-state index contributed by atoms with van der Waals surface area (Å²) in [5.74, 6) is -0.797. The third-order valence-corrected chi connectivity index (χ3v) is 4.87. The van der Waals surface area contributed by atoms with E-state index in [9.17, 15) is 14.4 Å². The fourth-order valence-electron chi connectivity index (χ4n) is 2.53. The van der Waals surface area contributed by atoms with Crippen LogP contribution in [0.5, 0.6) is 0 Å². The second kappa shape index (κ2) is 7.96. The zero-order valence-electron chi connectivity index (χ0n) is 12.6. The molecule has 1 aromatic carbocycles. The molecule has 1 heterocycles. The maximum absolute atomic E-state index is 12.3. The highest BCUT2D eigenvalue weighted by Crippen LogP contribution is 2.19. The van der Waals surface area contributed by atoms with E-state index in [2.05, 4.69) is 10.6 Å². The van der Waals surface area contributed by atoms with Gasteiger partial charge in [-0.05, 0) is 53.6 Å². The minimum absolute atomic E-state index is 0.144. The molecule has 6 nitrogen and oxygen atoms in total. The number of benzene rings is 1. The van der Waals surface area contributed by atoms with Gasteiger partial charge in [0, 0.05) is 22.2 Å². The van der Waals surface area contributed by atoms with E-state index in [4.69, 9.17) is 11.6 Å². The quantitative estimate of drug-likeness (QED) is 0.683. The van der Waals surface area contributed by atoms with Crippen LogP contribution in [0.4, 0.5) is 0 Å². The Kier molecular flexibility index (Phi) is 6.23. The summed E-state index contributed by atoms with van der Waals surface area (Å²) in [7, 11) is 1.55. The smallest absolute Gasteiger partial charge is 0.252 e. The molecule has 23 heavy (non-hydrogen) atoms. The summed E-state index contributed by atoms with van der Waals surface area (Å²) in [6, 6.07) is 4.55. The second-order valence-electron chi connectivity index (χ2n) is 5.17. The molecule has 1 aliphatic heterocycles. The normalized spacial score (nSPS) is 17.0. The Bertz CT molecular complexity index is 638. The first-order valence-electron chi connectivity index (χ1n) is 7.18. The Morgan fingerprint density at radius 1 is 1.39 bits per heavy atom. The summed E-state index contributed by atoms with van der Waals surface area (Å²) in [6.07, 6.45) is 1.43. The lowest BCUT2D eigenvalue weighted by Gasteiger charge is -2.23. The third kappa shape index (κ3) is 4.35. The highest BCUT2D eigenvalue weighted by molar-refractivity contribution is 14.1. The number of likely N-dealkylation sites (tertiary alicyclic amines) is 1. The molecule has 2 rings (SSSR count). The molecule has 0 aliphatic carbocycles. The van der Waals surface area contributed by atoms with Crippen molar-refractivity contribution >= 4 is 51.9 Å². The first-order valence-corrected chi connectivity index (χ1v) is 8.64. The third-order valence-electron chi connectivity index (χ3n) is 3.70. The van der Waals surface area contributed by atoms with Crippen LogP contribution < -0.4 is 10.6 Å². The van der Waals surface area contributed by atoms with Gasteiger partial charge in [-0.2, -0.15) is 0 Å². The standard InChI is InChI=1S/C15H17ClIN3O3/c1-18-15(23)12-3-2-6-20(12)13(21)8-19-14(22)10-7-9(16)4-5-11(10)17/h4-5,7,12H,2-3,6,8H2,1H3,(H,18,23)(H,19,22). The zero-order chi connectivity index (χ0) is 17.0. The molecular formula is C15H17ClIN3O3. The predicted molar refractivity (Wildman–Crippen MR) is 95.3 cm³/mol. The van der Waals surface area contributed by atoms with E-state index in [1.165, 1.54) is 4.90 Å². The molecule has 1 aliphatic rings. The monoisotopic (exact) mass is 449 g/mol. The topological polar surface area (TPSA) is 78.5 Å². The average Bonchev–Trinajstić information content (AvgIpc) is 3.03. The van der Waals surface area contributed by atoms with Crippen LogP contribution in [0.25, 0.3) is 0 Å². The molecule has 3 amide bonds. The first kappa shape index (κ1) is 18.0. The number of halogens is 2. The summed E-state index contributed by atoms with van der Waals surface area (Å²) in [6.45, 7) is 0.385. The van der Waals surface area contributed by atoms with Crippen molar-refractivity contribution in [2.24, 2.45) is 0 Å². The molecule has 0 bridgehead atoms. The van der Waals surface area contributed by atoms with E-state index in [1.807, 2.05) is 22.6 Å². The number of nitrogens with one attached hydrogen (secondary N) is 2. The summed E-state index contributed by atoms with van der Waals surface area (Å²) < 4.78 is 0.751. The molecule has 0 saturated carbocycles. The van der Waals surface area contributed by atoms with Gasteiger partial charge in [0.25, 0.3) is 5.91 Å². The van der Waals surface area contributed by atoms with Crippen molar-refractivity contribution in [3.05, 3.63) is 32.4 Å². The van der Waals surface area contributed by atoms with E-state index in [1.54, 1.807) is 25.2 Å². The lowest BCUT2D eigenvalue weighted by molar-refractivity contribution is -0.137. The number of amides is 3. The zero-order valence-corrected chi connectivity index (χ0v) is 15.5. The Hall–Kier alpha value is -1.35. The Morgan fingerprint density at radius 2 is 2.13 bits per heavy atom. The van der Waals surface area contributed by atoms with Gasteiger partial charge in [-0.1, -0.05) is 11.6 Å². The number of rotatable bonds is 4. The summed E-state index contributed by atoms with van der Waals surface area (Å²) >= 11 is 7.93. The van der Waals surface area contributed by atoms with Crippen LogP contribution in [0.2, 0.25) is 5.02 Å². The minimum Gasteiger partial charge on any atom is -0.357 e. The maximum Gasteiger partial charge on any atom is 0.252 e.